The van der Waals surface area contributed by atoms with Crippen LogP contribution in [0.2, 0.25) is 0 Å². The molecule has 0 radical (unpaired) electrons. The zero-order valence-electron chi connectivity index (χ0n) is 16.2. The Morgan fingerprint density at radius 1 is 1.15 bits per heavy atom. The zero-order valence-corrected chi connectivity index (χ0v) is 16.2. The molecule has 4 rings (SSSR count). The van der Waals surface area contributed by atoms with Crippen LogP contribution in [0.25, 0.3) is 11.0 Å². The molecular weight excluding hydrogens is 336 g/mol. The number of para-hydroxylation sites is 2. The molecule has 1 fully saturated rings. The molecule has 3 aromatic rings. The number of rotatable bonds is 6. The van der Waals surface area contributed by atoms with E-state index in [0.717, 1.165) is 33.7 Å². The van der Waals surface area contributed by atoms with Crippen molar-refractivity contribution in [2.45, 2.75) is 58.1 Å². The Morgan fingerprint density at radius 3 is 2.74 bits per heavy atom. The zero-order chi connectivity index (χ0) is 18.8. The van der Waals surface area contributed by atoms with Crippen LogP contribution in [0.5, 0.6) is 5.75 Å². The number of hydrogen-bond acceptors (Lipinski definition) is 3. The molecule has 1 aromatic heterocycles. The van der Waals surface area contributed by atoms with E-state index in [1.54, 1.807) is 0 Å². The Balaban J connectivity index is 1.53. The first-order chi connectivity index (χ1) is 13.1. The van der Waals surface area contributed by atoms with E-state index in [-0.39, 0.29) is 6.61 Å². The summed E-state index contributed by atoms with van der Waals surface area (Å²) >= 11 is 0. The molecule has 1 aliphatic carbocycles. The third-order valence-corrected chi connectivity index (χ3v) is 5.57. The first-order valence-electron chi connectivity index (χ1n) is 9.95. The van der Waals surface area contributed by atoms with Crippen LogP contribution < -0.4 is 4.74 Å². The largest absolute Gasteiger partial charge is 0.491 e. The molecule has 1 aliphatic rings. The number of nitrogens with zero attached hydrogens (tertiary/aromatic N) is 2. The predicted molar refractivity (Wildman–Crippen MR) is 108 cm³/mol. The van der Waals surface area contributed by atoms with Gasteiger partial charge in [0.1, 0.15) is 24.3 Å². The van der Waals surface area contributed by atoms with E-state index >= 15 is 0 Å². The molecule has 0 saturated heterocycles. The van der Waals surface area contributed by atoms with Crippen LogP contribution in [0.1, 0.15) is 48.6 Å². The van der Waals surface area contributed by atoms with Crippen molar-refractivity contribution in [2.24, 2.45) is 0 Å². The number of imidazole rings is 1. The molecule has 27 heavy (non-hydrogen) atoms. The number of benzene rings is 2. The van der Waals surface area contributed by atoms with Crippen LogP contribution in [0.4, 0.5) is 0 Å². The minimum Gasteiger partial charge on any atom is -0.491 e. The summed E-state index contributed by atoms with van der Waals surface area (Å²) in [7, 11) is 0. The minimum absolute atomic E-state index is 0.279. The van der Waals surface area contributed by atoms with E-state index in [0.29, 0.717) is 12.5 Å². The van der Waals surface area contributed by atoms with Gasteiger partial charge in [-0.15, -0.1) is 0 Å². The van der Waals surface area contributed by atoms with Crippen molar-refractivity contribution >= 4 is 11.0 Å². The molecule has 1 saturated carbocycles. The molecule has 2 aromatic carbocycles. The highest BCUT2D eigenvalue weighted by Crippen LogP contribution is 2.35. The van der Waals surface area contributed by atoms with Crippen molar-refractivity contribution in [3.8, 4) is 5.75 Å². The quantitative estimate of drug-likeness (QED) is 0.686. The fraction of sp³-hybridized carbons (Fsp3) is 0.435. The van der Waals surface area contributed by atoms with Crippen molar-refractivity contribution in [1.29, 1.82) is 0 Å². The van der Waals surface area contributed by atoms with Gasteiger partial charge in [0.2, 0.25) is 0 Å². The maximum absolute atomic E-state index is 10.7. The number of ether oxygens (including phenoxy) is 1. The number of aliphatic hydroxyl groups excluding tert-OH is 1. The van der Waals surface area contributed by atoms with E-state index in [1.165, 1.54) is 25.7 Å². The first-order valence-corrected chi connectivity index (χ1v) is 9.95. The third kappa shape index (κ3) is 3.86. The molecule has 0 spiro atoms. The molecule has 1 atom stereocenters. The van der Waals surface area contributed by atoms with Crippen molar-refractivity contribution < 1.29 is 9.84 Å². The second-order valence-electron chi connectivity index (χ2n) is 7.78. The monoisotopic (exact) mass is 364 g/mol. The van der Waals surface area contributed by atoms with Gasteiger partial charge in [-0.25, -0.2) is 4.98 Å². The van der Waals surface area contributed by atoms with Crippen molar-refractivity contribution in [1.82, 2.24) is 9.55 Å². The highest BCUT2D eigenvalue weighted by Gasteiger charge is 2.24. The van der Waals surface area contributed by atoms with Crippen molar-refractivity contribution in [2.75, 3.05) is 6.61 Å². The summed E-state index contributed by atoms with van der Waals surface area (Å²) in [6.45, 7) is 4.87. The van der Waals surface area contributed by atoms with Crippen LogP contribution in [0, 0.1) is 13.8 Å². The average molecular weight is 364 g/mol. The Bertz CT molecular complexity index is 925. The third-order valence-electron chi connectivity index (χ3n) is 5.57. The van der Waals surface area contributed by atoms with Gasteiger partial charge in [-0.1, -0.05) is 37.1 Å². The summed E-state index contributed by atoms with van der Waals surface area (Å²) in [4.78, 5) is 4.90. The Labute approximate surface area is 160 Å². The Kier molecular flexibility index (Phi) is 5.17. The SMILES string of the molecule is Cc1ccc(C)c(OCC(O)Cn2c(C3CCCC3)nc3ccccc32)c1. The van der Waals surface area contributed by atoms with Gasteiger partial charge in [0.05, 0.1) is 17.6 Å². The number of fused-ring (bicyclic) bond motifs is 1. The fourth-order valence-electron chi connectivity index (χ4n) is 4.09. The lowest BCUT2D eigenvalue weighted by Crippen LogP contribution is -2.25. The summed E-state index contributed by atoms with van der Waals surface area (Å²) in [5, 5.41) is 10.7. The molecule has 1 N–H and O–H groups in total. The van der Waals surface area contributed by atoms with Gasteiger partial charge in [0, 0.05) is 5.92 Å². The molecule has 0 bridgehead atoms. The predicted octanol–water partition coefficient (Wildman–Crippen LogP) is 4.75. The van der Waals surface area contributed by atoms with Crippen LogP contribution in [-0.2, 0) is 6.54 Å². The maximum atomic E-state index is 10.7. The molecule has 1 heterocycles. The van der Waals surface area contributed by atoms with Gasteiger partial charge >= 0.3 is 0 Å². The van der Waals surface area contributed by atoms with E-state index in [1.807, 2.05) is 32.0 Å². The molecule has 0 amide bonds. The lowest BCUT2D eigenvalue weighted by molar-refractivity contribution is 0.0921. The first kappa shape index (κ1) is 18.1. The van der Waals surface area contributed by atoms with E-state index < -0.39 is 6.10 Å². The normalized spacial score (nSPS) is 16.1. The van der Waals surface area contributed by atoms with Crippen LogP contribution in [0.15, 0.2) is 42.5 Å². The highest BCUT2D eigenvalue weighted by atomic mass is 16.5. The van der Waals surface area contributed by atoms with Crippen LogP contribution >= 0.6 is 0 Å². The number of aromatic nitrogens is 2. The molecule has 4 heteroatoms. The number of aryl methyl sites for hydroxylation is 2. The molecule has 1 unspecified atom stereocenters. The minimum atomic E-state index is -0.581. The second kappa shape index (κ2) is 7.73. The van der Waals surface area contributed by atoms with Gasteiger partial charge < -0.3 is 14.4 Å². The van der Waals surface area contributed by atoms with Crippen LogP contribution in [-0.4, -0.2) is 27.4 Å². The summed E-state index contributed by atoms with van der Waals surface area (Å²) in [6.07, 6.45) is 4.34. The van der Waals surface area contributed by atoms with E-state index in [9.17, 15) is 5.11 Å². The van der Waals surface area contributed by atoms with Gasteiger partial charge in [0.25, 0.3) is 0 Å². The van der Waals surface area contributed by atoms with E-state index in [2.05, 4.69) is 28.8 Å². The number of aliphatic hydroxyl groups is 1. The van der Waals surface area contributed by atoms with Crippen LogP contribution in [0.3, 0.4) is 0 Å². The average Bonchev–Trinajstić information content (AvgIpc) is 3.31. The summed E-state index contributed by atoms with van der Waals surface area (Å²) in [5.41, 5.74) is 4.37. The lowest BCUT2D eigenvalue weighted by Gasteiger charge is -2.18. The molecule has 142 valence electrons. The Morgan fingerprint density at radius 2 is 1.93 bits per heavy atom. The van der Waals surface area contributed by atoms with Crippen molar-refractivity contribution in [3.05, 3.63) is 59.4 Å². The smallest absolute Gasteiger partial charge is 0.122 e. The summed E-state index contributed by atoms with van der Waals surface area (Å²) < 4.78 is 8.13. The fourth-order valence-corrected chi connectivity index (χ4v) is 4.09. The summed E-state index contributed by atoms with van der Waals surface area (Å²) in [6, 6.07) is 14.4. The van der Waals surface area contributed by atoms with Gasteiger partial charge in [-0.05, 0) is 56.0 Å². The summed E-state index contributed by atoms with van der Waals surface area (Å²) in [5.74, 6) is 2.48. The maximum Gasteiger partial charge on any atom is 0.122 e. The topological polar surface area (TPSA) is 47.3 Å². The lowest BCUT2D eigenvalue weighted by atomic mass is 10.1. The second-order valence-corrected chi connectivity index (χ2v) is 7.78. The van der Waals surface area contributed by atoms with Gasteiger partial charge in [-0.3, -0.25) is 0 Å². The Hall–Kier alpha value is -2.33. The number of hydrogen-bond donors (Lipinski definition) is 1. The molecule has 0 aliphatic heterocycles. The van der Waals surface area contributed by atoms with E-state index in [4.69, 9.17) is 9.72 Å². The van der Waals surface area contributed by atoms with Crippen molar-refractivity contribution in [3.63, 3.8) is 0 Å². The molecule has 4 nitrogen and oxygen atoms in total. The standard InChI is InChI=1S/C23H28N2O2/c1-16-11-12-17(2)22(13-16)27-15-19(26)14-25-21-10-6-5-9-20(21)24-23(25)18-7-3-4-8-18/h5-6,9-13,18-19,26H,3-4,7-8,14-15H2,1-2H3. The van der Waals surface area contributed by atoms with Gasteiger partial charge in [-0.2, -0.15) is 0 Å². The molecular formula is C23H28N2O2. The highest BCUT2D eigenvalue weighted by molar-refractivity contribution is 5.76. The van der Waals surface area contributed by atoms with Gasteiger partial charge in [0.15, 0.2) is 0 Å².